The highest BCUT2D eigenvalue weighted by atomic mass is 35.5. The number of hydrogen-bond donors (Lipinski definition) is 2. The first-order chi connectivity index (χ1) is 2.94. The normalized spacial score (nSPS) is 19.7. The Bertz CT molecular complexity index is 57.2. The molecule has 0 spiro atoms. The second kappa shape index (κ2) is 1.99. The summed E-state index contributed by atoms with van der Waals surface area (Å²) < 4.78 is 0. The van der Waals surface area contributed by atoms with Crippen LogP contribution in [0, 0.1) is 5.92 Å². The van der Waals surface area contributed by atoms with Crippen molar-refractivity contribution in [1.29, 1.82) is 0 Å². The van der Waals surface area contributed by atoms with Gasteiger partial charge >= 0.3 is 0 Å². The number of alkyl halides is 1. The summed E-state index contributed by atoms with van der Waals surface area (Å²) in [6, 6.07) is 0. The van der Waals surface area contributed by atoms with E-state index in [4.69, 9.17) is 22.4 Å². The molecule has 0 aliphatic rings. The number of aliphatic hydroxyl groups is 1. The maximum absolute atomic E-state index is 8.64. The van der Waals surface area contributed by atoms with Crippen LogP contribution in [0.2, 0.25) is 0 Å². The van der Waals surface area contributed by atoms with Gasteiger partial charge in [-0.2, -0.15) is 0 Å². The summed E-state index contributed by atoms with van der Waals surface area (Å²) in [6.45, 7) is 3.49. The molecular weight excluding hydrogens is 114 g/mol. The van der Waals surface area contributed by atoms with Gasteiger partial charge in [-0.1, -0.05) is 25.4 Å². The summed E-state index contributed by atoms with van der Waals surface area (Å²) in [5.74, 6) is -0.103. The van der Waals surface area contributed by atoms with E-state index in [9.17, 15) is 0 Å². The van der Waals surface area contributed by atoms with E-state index in [0.29, 0.717) is 0 Å². The van der Waals surface area contributed by atoms with Crippen LogP contribution in [0.15, 0.2) is 0 Å². The molecule has 0 aliphatic carbocycles. The molecule has 0 aromatic rings. The monoisotopic (exact) mass is 123 g/mol. The van der Waals surface area contributed by atoms with Crippen molar-refractivity contribution in [1.82, 2.24) is 0 Å². The molecule has 1 unspecified atom stereocenters. The molecule has 7 heavy (non-hydrogen) atoms. The second-order valence-corrected chi connectivity index (χ2v) is 2.49. The lowest BCUT2D eigenvalue weighted by Gasteiger charge is -2.17. The molecule has 0 saturated heterocycles. The van der Waals surface area contributed by atoms with E-state index < -0.39 is 5.18 Å². The average molecular weight is 124 g/mol. The van der Waals surface area contributed by atoms with E-state index in [2.05, 4.69) is 0 Å². The van der Waals surface area contributed by atoms with Crippen molar-refractivity contribution < 1.29 is 5.11 Å². The minimum absolute atomic E-state index is 0.103. The molecule has 0 rings (SSSR count). The zero-order valence-electron chi connectivity index (χ0n) is 4.48. The Hall–Kier alpha value is 0.210. The first kappa shape index (κ1) is 7.21. The minimum atomic E-state index is -1.53. The Morgan fingerprint density at radius 3 is 1.86 bits per heavy atom. The van der Waals surface area contributed by atoms with Gasteiger partial charge in [-0.15, -0.1) is 0 Å². The Balaban J connectivity index is 3.54. The average Bonchev–Trinajstić information content (AvgIpc) is 1.31. The van der Waals surface area contributed by atoms with Crippen LogP contribution >= 0.6 is 11.6 Å². The third-order valence-corrected chi connectivity index (χ3v) is 1.25. The zero-order chi connectivity index (χ0) is 6.08. The molecule has 0 aromatic carbocycles. The quantitative estimate of drug-likeness (QED) is 0.303. The Morgan fingerprint density at radius 2 is 1.86 bits per heavy atom. The molecule has 1 atom stereocenters. The van der Waals surface area contributed by atoms with Crippen LogP contribution in [-0.2, 0) is 0 Å². The van der Waals surface area contributed by atoms with E-state index in [-0.39, 0.29) is 5.92 Å². The molecular formula is C4H10ClNO. The largest absolute Gasteiger partial charge is 0.363 e. The maximum Gasteiger partial charge on any atom is 0.193 e. The van der Waals surface area contributed by atoms with Crippen LogP contribution in [0.5, 0.6) is 0 Å². The van der Waals surface area contributed by atoms with Crippen LogP contribution in [0.25, 0.3) is 0 Å². The van der Waals surface area contributed by atoms with Crippen molar-refractivity contribution in [2.45, 2.75) is 19.0 Å². The van der Waals surface area contributed by atoms with Crippen LogP contribution in [0.1, 0.15) is 13.8 Å². The molecule has 3 N–H and O–H groups in total. The SMILES string of the molecule is CC(C)C(N)(O)Cl. The van der Waals surface area contributed by atoms with Gasteiger partial charge in [0.05, 0.1) is 0 Å². The molecule has 0 bridgehead atoms. The molecule has 3 heteroatoms. The van der Waals surface area contributed by atoms with Gasteiger partial charge in [0.25, 0.3) is 0 Å². The van der Waals surface area contributed by atoms with Gasteiger partial charge in [0.2, 0.25) is 0 Å². The van der Waals surface area contributed by atoms with Crippen molar-refractivity contribution in [3.05, 3.63) is 0 Å². The highest BCUT2D eigenvalue weighted by Crippen LogP contribution is 2.13. The van der Waals surface area contributed by atoms with E-state index in [1.54, 1.807) is 13.8 Å². The smallest absolute Gasteiger partial charge is 0.193 e. The lowest BCUT2D eigenvalue weighted by atomic mass is 10.2. The molecule has 0 fully saturated rings. The van der Waals surface area contributed by atoms with Crippen molar-refractivity contribution in [3.63, 3.8) is 0 Å². The van der Waals surface area contributed by atoms with Crippen LogP contribution < -0.4 is 5.73 Å². The van der Waals surface area contributed by atoms with Crippen molar-refractivity contribution >= 4 is 11.6 Å². The zero-order valence-corrected chi connectivity index (χ0v) is 5.24. The summed E-state index contributed by atoms with van der Waals surface area (Å²) in [5, 5.41) is 7.11. The van der Waals surface area contributed by atoms with Gasteiger partial charge in [-0.05, 0) is 0 Å². The molecule has 0 radical (unpaired) electrons. The fourth-order valence-corrected chi connectivity index (χ4v) is 0. The fourth-order valence-electron chi connectivity index (χ4n) is 0. The molecule has 0 heterocycles. The molecule has 0 amide bonds. The van der Waals surface area contributed by atoms with Gasteiger partial charge < -0.3 is 5.11 Å². The molecule has 0 aromatic heterocycles. The summed E-state index contributed by atoms with van der Waals surface area (Å²) >= 11 is 5.20. The number of nitrogens with two attached hydrogens (primary N) is 1. The molecule has 44 valence electrons. The topological polar surface area (TPSA) is 46.2 Å². The number of rotatable bonds is 1. The van der Waals surface area contributed by atoms with Gasteiger partial charge in [-0.3, -0.25) is 5.73 Å². The predicted molar refractivity (Wildman–Crippen MR) is 29.8 cm³/mol. The standard InChI is InChI=1S/C4H10ClNO/c1-3(2)4(5,6)7/h3,7H,6H2,1-2H3. The van der Waals surface area contributed by atoms with Crippen molar-refractivity contribution in [2.24, 2.45) is 11.7 Å². The van der Waals surface area contributed by atoms with E-state index >= 15 is 0 Å². The van der Waals surface area contributed by atoms with Gasteiger partial charge in [0.15, 0.2) is 5.18 Å². The Kier molecular flexibility index (Phi) is 2.05. The molecule has 0 saturated carbocycles. The summed E-state index contributed by atoms with van der Waals surface area (Å²) in [4.78, 5) is 0. The third kappa shape index (κ3) is 2.85. The highest BCUT2D eigenvalue weighted by Gasteiger charge is 2.20. The van der Waals surface area contributed by atoms with E-state index in [1.807, 2.05) is 0 Å². The van der Waals surface area contributed by atoms with E-state index in [1.165, 1.54) is 0 Å². The first-order valence-corrected chi connectivity index (χ1v) is 2.52. The highest BCUT2D eigenvalue weighted by molar-refractivity contribution is 6.22. The summed E-state index contributed by atoms with van der Waals surface area (Å²) in [7, 11) is 0. The third-order valence-electron chi connectivity index (χ3n) is 0.810. The van der Waals surface area contributed by atoms with Gasteiger partial charge in [-0.25, -0.2) is 0 Å². The Labute approximate surface area is 48.3 Å². The second-order valence-electron chi connectivity index (χ2n) is 1.88. The lowest BCUT2D eigenvalue weighted by Crippen LogP contribution is -2.38. The number of hydrogen-bond acceptors (Lipinski definition) is 2. The van der Waals surface area contributed by atoms with Crippen LogP contribution in [-0.4, -0.2) is 10.3 Å². The van der Waals surface area contributed by atoms with Crippen molar-refractivity contribution in [2.75, 3.05) is 0 Å². The fraction of sp³-hybridized carbons (Fsp3) is 1.00. The first-order valence-electron chi connectivity index (χ1n) is 2.14. The van der Waals surface area contributed by atoms with E-state index in [0.717, 1.165) is 0 Å². The maximum atomic E-state index is 8.64. The molecule has 0 aliphatic heterocycles. The minimum Gasteiger partial charge on any atom is -0.363 e. The van der Waals surface area contributed by atoms with Crippen molar-refractivity contribution in [3.8, 4) is 0 Å². The van der Waals surface area contributed by atoms with Gasteiger partial charge in [0, 0.05) is 5.92 Å². The summed E-state index contributed by atoms with van der Waals surface area (Å²) in [5.41, 5.74) is 5.00. The predicted octanol–water partition coefficient (Wildman–Crippen LogP) is 0.486. The molecule has 2 nitrogen and oxygen atoms in total. The lowest BCUT2D eigenvalue weighted by molar-refractivity contribution is 0.0866. The summed E-state index contributed by atoms with van der Waals surface area (Å²) in [6.07, 6.45) is 0. The van der Waals surface area contributed by atoms with Gasteiger partial charge in [0.1, 0.15) is 0 Å². The van der Waals surface area contributed by atoms with Crippen LogP contribution in [0.3, 0.4) is 0 Å². The Morgan fingerprint density at radius 1 is 1.71 bits per heavy atom. The number of halogens is 1. The van der Waals surface area contributed by atoms with Crippen LogP contribution in [0.4, 0.5) is 0 Å².